The lowest BCUT2D eigenvalue weighted by Gasteiger charge is -2.09. The molecule has 2 aromatic rings. The average molecular weight is 281 g/mol. The number of fused-ring (bicyclic) bond motifs is 1. The van der Waals surface area contributed by atoms with Crippen LogP contribution in [0.3, 0.4) is 0 Å². The molecule has 1 aromatic heterocycles. The molecule has 0 unspecified atom stereocenters. The Morgan fingerprint density at radius 2 is 1.79 bits per heavy atom. The van der Waals surface area contributed by atoms with Crippen molar-refractivity contribution in [3.8, 4) is 0 Å². The average Bonchev–Trinajstić information content (AvgIpc) is 2.37. The minimum atomic E-state index is -3.76. The van der Waals surface area contributed by atoms with E-state index in [1.807, 2.05) is 0 Å². The number of nitrogens with one attached hydrogen (secondary N) is 1. The highest BCUT2D eigenvalue weighted by Crippen LogP contribution is 2.22. The Morgan fingerprint density at radius 3 is 2.32 bits per heavy atom. The highest BCUT2D eigenvalue weighted by Gasteiger charge is 2.24. The zero-order valence-corrected chi connectivity index (χ0v) is 11.1. The van der Waals surface area contributed by atoms with Crippen molar-refractivity contribution in [3.63, 3.8) is 0 Å². The second-order valence-electron chi connectivity index (χ2n) is 3.97. The van der Waals surface area contributed by atoms with Gasteiger partial charge in [0.2, 0.25) is 0 Å². The second-order valence-corrected chi connectivity index (χ2v) is 5.92. The van der Waals surface area contributed by atoms with Crippen LogP contribution in [0.2, 0.25) is 0 Å². The van der Waals surface area contributed by atoms with Crippen molar-refractivity contribution in [2.45, 2.75) is 5.03 Å². The van der Waals surface area contributed by atoms with E-state index in [0.29, 0.717) is 0 Å². The number of hydrogen-bond donors (Lipinski definition) is 1. The molecule has 100 valence electrons. The molecule has 0 saturated heterocycles. The number of aromatic nitrogens is 1. The Balaban J connectivity index is 3.06. The van der Waals surface area contributed by atoms with Crippen LogP contribution in [0.15, 0.2) is 34.1 Å². The van der Waals surface area contributed by atoms with E-state index >= 15 is 0 Å². The van der Waals surface area contributed by atoms with Crippen molar-refractivity contribution in [2.75, 3.05) is 13.4 Å². The van der Waals surface area contributed by atoms with Crippen molar-refractivity contribution in [2.24, 2.45) is 0 Å². The van der Waals surface area contributed by atoms with Gasteiger partial charge in [-0.25, -0.2) is 13.2 Å². The van der Waals surface area contributed by atoms with E-state index in [0.717, 1.165) is 13.4 Å². The van der Waals surface area contributed by atoms with Crippen LogP contribution in [0.25, 0.3) is 10.8 Å². The summed E-state index contributed by atoms with van der Waals surface area (Å²) in [7, 11) is -2.61. The molecule has 6 nitrogen and oxygen atoms in total. The Morgan fingerprint density at radius 1 is 1.21 bits per heavy atom. The van der Waals surface area contributed by atoms with Crippen LogP contribution < -0.4 is 5.56 Å². The van der Waals surface area contributed by atoms with E-state index in [4.69, 9.17) is 0 Å². The molecule has 0 aliphatic rings. The third kappa shape index (κ3) is 2.24. The first-order valence-electron chi connectivity index (χ1n) is 5.29. The number of ether oxygens (including phenoxy) is 1. The standard InChI is InChI=1S/C12H11NO5S/c1-18-12(15)9-7-5-3-4-6-8(7)10(14)13-11(9)19(2,16)17/h3-6H,1-2H3,(H,13,14). The van der Waals surface area contributed by atoms with E-state index in [9.17, 15) is 18.0 Å². The molecule has 0 aliphatic carbocycles. The lowest BCUT2D eigenvalue weighted by atomic mass is 10.1. The predicted octanol–water partition coefficient (Wildman–Crippen LogP) is 0.718. The first kappa shape index (κ1) is 13.3. The van der Waals surface area contributed by atoms with Gasteiger partial charge < -0.3 is 9.72 Å². The number of methoxy groups -OCH3 is 1. The summed E-state index contributed by atoms with van der Waals surface area (Å²) in [5.74, 6) is -0.812. The Bertz CT molecular complexity index is 820. The molecular weight excluding hydrogens is 270 g/mol. The number of benzene rings is 1. The van der Waals surface area contributed by atoms with Gasteiger partial charge in [0.15, 0.2) is 9.84 Å². The molecule has 1 aromatic carbocycles. The molecule has 0 atom stereocenters. The zero-order valence-electron chi connectivity index (χ0n) is 10.3. The molecule has 0 aliphatic heterocycles. The van der Waals surface area contributed by atoms with Gasteiger partial charge in [-0.3, -0.25) is 4.79 Å². The molecule has 0 radical (unpaired) electrons. The number of H-pyrrole nitrogens is 1. The summed E-state index contributed by atoms with van der Waals surface area (Å²) in [6.07, 6.45) is 0.916. The monoisotopic (exact) mass is 281 g/mol. The van der Waals surface area contributed by atoms with Crippen molar-refractivity contribution in [1.82, 2.24) is 4.98 Å². The molecule has 0 amide bonds. The maximum absolute atomic E-state index is 11.8. The molecule has 0 bridgehead atoms. The highest BCUT2D eigenvalue weighted by molar-refractivity contribution is 7.90. The first-order valence-corrected chi connectivity index (χ1v) is 7.19. The number of sulfone groups is 1. The van der Waals surface area contributed by atoms with Crippen LogP contribution in [0.4, 0.5) is 0 Å². The van der Waals surface area contributed by atoms with Crippen molar-refractivity contribution in [1.29, 1.82) is 0 Å². The molecule has 7 heteroatoms. The number of carbonyl (C=O) groups is 1. The third-order valence-corrected chi connectivity index (χ3v) is 3.70. The van der Waals surface area contributed by atoms with Gasteiger partial charge in [-0.1, -0.05) is 18.2 Å². The first-order chi connectivity index (χ1) is 8.86. The predicted molar refractivity (Wildman–Crippen MR) is 69.0 cm³/mol. The van der Waals surface area contributed by atoms with Gasteiger partial charge in [0.25, 0.3) is 5.56 Å². The SMILES string of the molecule is COC(=O)c1c(S(C)(=O)=O)[nH]c(=O)c2ccccc12. The van der Waals surface area contributed by atoms with Gasteiger partial charge in [0.05, 0.1) is 7.11 Å². The summed E-state index contributed by atoms with van der Waals surface area (Å²) >= 11 is 0. The van der Waals surface area contributed by atoms with Crippen molar-refractivity contribution >= 4 is 26.6 Å². The van der Waals surface area contributed by atoms with E-state index in [2.05, 4.69) is 9.72 Å². The Kier molecular flexibility index (Phi) is 3.15. The molecule has 2 rings (SSSR count). The Hall–Kier alpha value is -2.15. The lowest BCUT2D eigenvalue weighted by Crippen LogP contribution is -2.19. The highest BCUT2D eigenvalue weighted by atomic mass is 32.2. The van der Waals surface area contributed by atoms with E-state index in [1.54, 1.807) is 12.1 Å². The van der Waals surface area contributed by atoms with E-state index in [-0.39, 0.29) is 16.3 Å². The van der Waals surface area contributed by atoms with Crippen molar-refractivity contribution < 1.29 is 17.9 Å². The van der Waals surface area contributed by atoms with Crippen LogP contribution >= 0.6 is 0 Å². The molecule has 0 fully saturated rings. The maximum atomic E-state index is 11.8. The van der Waals surface area contributed by atoms with Crippen molar-refractivity contribution in [3.05, 3.63) is 40.2 Å². The number of carbonyl (C=O) groups excluding carboxylic acids is 1. The van der Waals surface area contributed by atoms with Crippen LogP contribution in [-0.2, 0) is 14.6 Å². The number of hydrogen-bond acceptors (Lipinski definition) is 5. The third-order valence-electron chi connectivity index (χ3n) is 2.66. The molecule has 1 N–H and O–H groups in total. The van der Waals surface area contributed by atoms with Gasteiger partial charge >= 0.3 is 5.97 Å². The number of pyridine rings is 1. The molecular formula is C12H11NO5S. The summed E-state index contributed by atoms with van der Waals surface area (Å²) in [5.41, 5.74) is -0.719. The number of aromatic amines is 1. The van der Waals surface area contributed by atoms with Gasteiger partial charge in [-0.2, -0.15) is 0 Å². The van der Waals surface area contributed by atoms with Gasteiger partial charge in [0, 0.05) is 17.0 Å². The molecule has 0 saturated carbocycles. The molecule has 19 heavy (non-hydrogen) atoms. The van der Waals surface area contributed by atoms with Crippen LogP contribution in [0, 0.1) is 0 Å². The quantitative estimate of drug-likeness (QED) is 0.819. The summed E-state index contributed by atoms with van der Waals surface area (Å²) in [6, 6.07) is 6.25. The summed E-state index contributed by atoms with van der Waals surface area (Å²) in [6.45, 7) is 0. The summed E-state index contributed by atoms with van der Waals surface area (Å²) < 4.78 is 28.0. The fourth-order valence-electron chi connectivity index (χ4n) is 1.84. The van der Waals surface area contributed by atoms with E-state index < -0.39 is 26.4 Å². The molecule has 1 heterocycles. The Labute approximate surface area is 108 Å². The second kappa shape index (κ2) is 4.51. The summed E-state index contributed by atoms with van der Waals surface area (Å²) in [5, 5.41) is 0.0527. The zero-order chi connectivity index (χ0) is 14.2. The van der Waals surface area contributed by atoms with Crippen LogP contribution in [-0.4, -0.2) is 32.7 Å². The fraction of sp³-hybridized carbons (Fsp3) is 0.167. The minimum Gasteiger partial charge on any atom is -0.465 e. The van der Waals surface area contributed by atoms with Crippen LogP contribution in [0.5, 0.6) is 0 Å². The normalized spacial score (nSPS) is 11.5. The van der Waals surface area contributed by atoms with Gasteiger partial charge in [0.1, 0.15) is 10.6 Å². The van der Waals surface area contributed by atoms with E-state index in [1.165, 1.54) is 12.1 Å². The minimum absolute atomic E-state index is 0.153. The smallest absolute Gasteiger partial charge is 0.341 e. The van der Waals surface area contributed by atoms with Gasteiger partial charge in [-0.05, 0) is 6.07 Å². The maximum Gasteiger partial charge on any atom is 0.341 e. The largest absolute Gasteiger partial charge is 0.465 e. The lowest BCUT2D eigenvalue weighted by molar-refractivity contribution is 0.0598. The number of rotatable bonds is 2. The fourth-order valence-corrected chi connectivity index (χ4v) is 2.68. The number of esters is 1. The topological polar surface area (TPSA) is 93.3 Å². The van der Waals surface area contributed by atoms with Gasteiger partial charge in [-0.15, -0.1) is 0 Å². The summed E-state index contributed by atoms with van der Waals surface area (Å²) in [4.78, 5) is 25.9. The molecule has 0 spiro atoms. The van der Waals surface area contributed by atoms with Crippen LogP contribution in [0.1, 0.15) is 10.4 Å².